The van der Waals surface area contributed by atoms with Crippen molar-refractivity contribution in [1.29, 1.82) is 0 Å². The van der Waals surface area contributed by atoms with Crippen molar-refractivity contribution in [3.63, 3.8) is 0 Å². The summed E-state index contributed by atoms with van der Waals surface area (Å²) in [5.41, 5.74) is 3.47. The Kier molecular flexibility index (Phi) is 3.77. The van der Waals surface area contributed by atoms with Gasteiger partial charge < -0.3 is 4.74 Å². The second-order valence-electron chi connectivity index (χ2n) is 6.58. The van der Waals surface area contributed by atoms with Crippen LogP contribution in [-0.4, -0.2) is 17.6 Å². The molecular formula is C17H23NO2. The third kappa shape index (κ3) is 3.38. The van der Waals surface area contributed by atoms with E-state index in [-0.39, 0.29) is 5.97 Å². The van der Waals surface area contributed by atoms with Gasteiger partial charge in [0.25, 0.3) is 0 Å². The SMILES string of the molecule is CC(C)COC(=O)Cc1ccc(C2CC2)nc1C1CC1. The van der Waals surface area contributed by atoms with Gasteiger partial charge in [-0.2, -0.15) is 0 Å². The Bertz CT molecular complexity index is 502. The molecule has 2 aliphatic carbocycles. The first kappa shape index (κ1) is 13.6. The molecule has 3 rings (SSSR count). The van der Waals surface area contributed by atoms with E-state index in [9.17, 15) is 4.79 Å². The molecule has 2 aliphatic rings. The second kappa shape index (κ2) is 5.55. The number of pyridine rings is 1. The number of esters is 1. The smallest absolute Gasteiger partial charge is 0.310 e. The standard InChI is InChI=1S/C17H23NO2/c1-11(2)10-20-16(19)9-14-7-8-15(12-3-4-12)18-17(14)13-5-6-13/h7-8,11-13H,3-6,9-10H2,1-2H3. The highest BCUT2D eigenvalue weighted by atomic mass is 16.5. The van der Waals surface area contributed by atoms with Crippen molar-refractivity contribution in [2.24, 2.45) is 5.92 Å². The normalized spacial score (nSPS) is 18.4. The zero-order chi connectivity index (χ0) is 14.1. The van der Waals surface area contributed by atoms with Crippen LogP contribution in [0.4, 0.5) is 0 Å². The number of rotatable bonds is 6. The molecular weight excluding hydrogens is 250 g/mol. The van der Waals surface area contributed by atoms with Crippen LogP contribution in [0.15, 0.2) is 12.1 Å². The predicted molar refractivity (Wildman–Crippen MR) is 77.7 cm³/mol. The maximum atomic E-state index is 11.9. The molecule has 2 saturated carbocycles. The summed E-state index contributed by atoms with van der Waals surface area (Å²) in [7, 11) is 0. The van der Waals surface area contributed by atoms with E-state index in [0.29, 0.717) is 30.8 Å². The Morgan fingerprint density at radius 1 is 1.25 bits per heavy atom. The summed E-state index contributed by atoms with van der Waals surface area (Å²) < 4.78 is 5.29. The fourth-order valence-electron chi connectivity index (χ4n) is 2.45. The van der Waals surface area contributed by atoms with Crippen LogP contribution >= 0.6 is 0 Å². The summed E-state index contributed by atoms with van der Waals surface area (Å²) in [6, 6.07) is 4.21. The van der Waals surface area contributed by atoms with E-state index < -0.39 is 0 Å². The minimum Gasteiger partial charge on any atom is -0.465 e. The summed E-state index contributed by atoms with van der Waals surface area (Å²) in [5.74, 6) is 1.52. The van der Waals surface area contributed by atoms with Crippen LogP contribution in [0.5, 0.6) is 0 Å². The fraction of sp³-hybridized carbons (Fsp3) is 0.647. The molecule has 20 heavy (non-hydrogen) atoms. The average molecular weight is 273 g/mol. The second-order valence-corrected chi connectivity index (χ2v) is 6.58. The molecule has 0 unspecified atom stereocenters. The van der Waals surface area contributed by atoms with Gasteiger partial charge in [0.1, 0.15) is 0 Å². The molecule has 1 aromatic rings. The summed E-state index contributed by atoms with van der Waals surface area (Å²) in [5, 5.41) is 0. The highest BCUT2D eigenvalue weighted by Gasteiger charge is 2.31. The van der Waals surface area contributed by atoms with Gasteiger partial charge in [0.2, 0.25) is 0 Å². The quantitative estimate of drug-likeness (QED) is 0.744. The summed E-state index contributed by atoms with van der Waals surface area (Å²) in [6.07, 6.45) is 5.35. The van der Waals surface area contributed by atoms with Crippen molar-refractivity contribution >= 4 is 5.97 Å². The summed E-state index contributed by atoms with van der Waals surface area (Å²) >= 11 is 0. The first-order valence-electron chi connectivity index (χ1n) is 7.79. The molecule has 0 spiro atoms. The van der Waals surface area contributed by atoms with Crippen LogP contribution in [0, 0.1) is 5.92 Å². The highest BCUT2D eigenvalue weighted by molar-refractivity contribution is 5.73. The van der Waals surface area contributed by atoms with E-state index in [1.165, 1.54) is 31.4 Å². The van der Waals surface area contributed by atoms with Crippen LogP contribution in [0.25, 0.3) is 0 Å². The summed E-state index contributed by atoms with van der Waals surface area (Å²) in [6.45, 7) is 4.61. The van der Waals surface area contributed by atoms with Crippen molar-refractivity contribution < 1.29 is 9.53 Å². The Morgan fingerprint density at radius 3 is 2.55 bits per heavy atom. The molecule has 0 radical (unpaired) electrons. The van der Waals surface area contributed by atoms with Gasteiger partial charge in [-0.25, -0.2) is 0 Å². The van der Waals surface area contributed by atoms with Crippen LogP contribution in [0.3, 0.4) is 0 Å². The van der Waals surface area contributed by atoms with E-state index >= 15 is 0 Å². The molecule has 0 aromatic carbocycles. The van der Waals surface area contributed by atoms with Crippen molar-refractivity contribution in [2.45, 2.75) is 57.8 Å². The van der Waals surface area contributed by atoms with Gasteiger partial charge in [0.15, 0.2) is 0 Å². The number of nitrogens with zero attached hydrogens (tertiary/aromatic N) is 1. The Hall–Kier alpha value is -1.38. The number of hydrogen-bond donors (Lipinski definition) is 0. The van der Waals surface area contributed by atoms with Crippen molar-refractivity contribution in [3.8, 4) is 0 Å². The molecule has 1 heterocycles. The largest absolute Gasteiger partial charge is 0.465 e. The van der Waals surface area contributed by atoms with Crippen LogP contribution in [-0.2, 0) is 16.0 Å². The Labute approximate surface area is 120 Å². The van der Waals surface area contributed by atoms with Crippen LogP contribution < -0.4 is 0 Å². The van der Waals surface area contributed by atoms with Gasteiger partial charge >= 0.3 is 5.97 Å². The topological polar surface area (TPSA) is 39.2 Å². The van der Waals surface area contributed by atoms with Gasteiger partial charge in [0, 0.05) is 23.2 Å². The maximum absolute atomic E-state index is 11.9. The number of carbonyl (C=O) groups excluding carboxylic acids is 1. The van der Waals surface area contributed by atoms with Gasteiger partial charge in [-0.1, -0.05) is 19.9 Å². The molecule has 0 aliphatic heterocycles. The van der Waals surface area contributed by atoms with Crippen molar-refractivity contribution in [1.82, 2.24) is 4.98 Å². The van der Waals surface area contributed by atoms with Crippen molar-refractivity contribution in [3.05, 3.63) is 29.1 Å². The molecule has 0 bridgehead atoms. The predicted octanol–water partition coefficient (Wildman–Crippen LogP) is 3.58. The molecule has 2 fully saturated rings. The zero-order valence-electron chi connectivity index (χ0n) is 12.4. The third-order valence-electron chi connectivity index (χ3n) is 3.91. The number of carbonyl (C=O) groups is 1. The van der Waals surface area contributed by atoms with E-state index in [2.05, 4.69) is 26.0 Å². The molecule has 108 valence electrons. The van der Waals surface area contributed by atoms with Gasteiger partial charge in [-0.15, -0.1) is 0 Å². The lowest BCUT2D eigenvalue weighted by Gasteiger charge is -2.11. The lowest BCUT2D eigenvalue weighted by atomic mass is 10.1. The first-order chi connectivity index (χ1) is 9.63. The highest BCUT2D eigenvalue weighted by Crippen LogP contribution is 2.44. The van der Waals surface area contributed by atoms with E-state index in [0.717, 1.165) is 11.3 Å². The average Bonchev–Trinajstić information content (AvgIpc) is 3.29. The molecule has 0 amide bonds. The molecule has 0 atom stereocenters. The number of ether oxygens (including phenoxy) is 1. The maximum Gasteiger partial charge on any atom is 0.310 e. The van der Waals surface area contributed by atoms with Crippen LogP contribution in [0.2, 0.25) is 0 Å². The van der Waals surface area contributed by atoms with Gasteiger partial charge in [-0.05, 0) is 43.2 Å². The van der Waals surface area contributed by atoms with Gasteiger partial charge in [0.05, 0.1) is 13.0 Å². The Balaban J connectivity index is 1.70. The van der Waals surface area contributed by atoms with E-state index in [4.69, 9.17) is 9.72 Å². The summed E-state index contributed by atoms with van der Waals surface area (Å²) in [4.78, 5) is 16.7. The third-order valence-corrected chi connectivity index (χ3v) is 3.91. The van der Waals surface area contributed by atoms with E-state index in [1.807, 2.05) is 0 Å². The van der Waals surface area contributed by atoms with E-state index in [1.54, 1.807) is 0 Å². The number of aromatic nitrogens is 1. The van der Waals surface area contributed by atoms with Crippen molar-refractivity contribution in [2.75, 3.05) is 6.61 Å². The Morgan fingerprint density at radius 2 is 1.95 bits per heavy atom. The monoisotopic (exact) mass is 273 g/mol. The minimum absolute atomic E-state index is 0.124. The number of hydrogen-bond acceptors (Lipinski definition) is 3. The zero-order valence-corrected chi connectivity index (χ0v) is 12.4. The lowest BCUT2D eigenvalue weighted by Crippen LogP contribution is -2.14. The molecule has 0 saturated heterocycles. The van der Waals surface area contributed by atoms with Crippen LogP contribution in [0.1, 0.15) is 68.3 Å². The fourth-order valence-corrected chi connectivity index (χ4v) is 2.45. The molecule has 0 N–H and O–H groups in total. The lowest BCUT2D eigenvalue weighted by molar-refractivity contribution is -0.143. The molecule has 3 nitrogen and oxygen atoms in total. The molecule has 1 aromatic heterocycles. The first-order valence-corrected chi connectivity index (χ1v) is 7.79. The minimum atomic E-state index is -0.124. The van der Waals surface area contributed by atoms with Gasteiger partial charge in [-0.3, -0.25) is 9.78 Å². The molecule has 3 heteroatoms.